The van der Waals surface area contributed by atoms with Crippen molar-refractivity contribution in [2.24, 2.45) is 0 Å². The zero-order valence-electron chi connectivity index (χ0n) is 19.4. The van der Waals surface area contributed by atoms with Crippen LogP contribution >= 0.6 is 0 Å². The molecule has 3 N–H and O–H groups in total. The third-order valence-corrected chi connectivity index (χ3v) is 5.51. The topological polar surface area (TPSA) is 111 Å². The van der Waals surface area contributed by atoms with Gasteiger partial charge in [-0.3, -0.25) is 9.78 Å². The molecule has 0 unspecified atom stereocenters. The van der Waals surface area contributed by atoms with Crippen LogP contribution in [-0.2, 0) is 19.6 Å². The summed E-state index contributed by atoms with van der Waals surface area (Å²) in [6, 6.07) is 24.2. The molecule has 8 heteroatoms. The number of halogens is 1. The first-order valence-corrected chi connectivity index (χ1v) is 11.4. The second-order valence-electron chi connectivity index (χ2n) is 8.02. The second-order valence-corrected chi connectivity index (χ2v) is 8.02. The van der Waals surface area contributed by atoms with Gasteiger partial charge in [0.2, 0.25) is 0 Å². The van der Waals surface area contributed by atoms with E-state index in [-0.39, 0.29) is 24.9 Å². The van der Waals surface area contributed by atoms with Gasteiger partial charge in [0.15, 0.2) is 0 Å². The van der Waals surface area contributed by atoms with Crippen molar-refractivity contribution < 1.29 is 14.3 Å². The highest BCUT2D eigenvalue weighted by Crippen LogP contribution is 2.25. The highest BCUT2D eigenvalue weighted by Gasteiger charge is 2.16. The van der Waals surface area contributed by atoms with E-state index in [0.717, 1.165) is 5.56 Å². The average Bonchev–Trinajstić information content (AvgIpc) is 2.92. The smallest absolute Gasteiger partial charge is 0.255 e. The molecule has 2 aromatic heterocycles. The molecule has 2 heterocycles. The van der Waals surface area contributed by atoms with Gasteiger partial charge in [0.25, 0.3) is 5.91 Å². The molecule has 0 radical (unpaired) electrons. The Kier molecular flexibility index (Phi) is 7.96. The maximum absolute atomic E-state index is 13.5. The fourth-order valence-corrected chi connectivity index (χ4v) is 3.73. The number of hydrogen-bond acceptors (Lipinski definition) is 6. The van der Waals surface area contributed by atoms with Crippen molar-refractivity contribution in [3.8, 4) is 17.3 Å². The van der Waals surface area contributed by atoms with E-state index in [2.05, 4.69) is 26.7 Å². The van der Waals surface area contributed by atoms with E-state index in [9.17, 15) is 19.6 Å². The van der Waals surface area contributed by atoms with E-state index in [4.69, 9.17) is 0 Å². The second kappa shape index (κ2) is 11.7. The maximum atomic E-state index is 13.5. The minimum absolute atomic E-state index is 0.175. The van der Waals surface area contributed by atoms with Gasteiger partial charge in [-0.05, 0) is 54.4 Å². The van der Waals surface area contributed by atoms with Crippen molar-refractivity contribution in [2.45, 2.75) is 19.6 Å². The van der Waals surface area contributed by atoms with E-state index in [1.807, 2.05) is 12.1 Å². The third kappa shape index (κ3) is 6.09. The molecule has 180 valence electrons. The Morgan fingerprint density at radius 2 is 1.78 bits per heavy atom. The van der Waals surface area contributed by atoms with Gasteiger partial charge in [-0.1, -0.05) is 36.4 Å². The molecule has 0 atom stereocenters. The molecule has 4 rings (SSSR count). The number of aliphatic hydroxyl groups is 1. The SMILES string of the molecule is N#Cc1ccccc1-c1ccc(C(=O)NCc2cccc(CO)n2)c(NCCc2cccc(F)c2)n1. The monoisotopic (exact) mass is 481 g/mol. The molecule has 0 aliphatic carbocycles. The number of aromatic nitrogens is 2. The normalized spacial score (nSPS) is 10.5. The molecule has 1 amide bonds. The van der Waals surface area contributed by atoms with Crippen LogP contribution < -0.4 is 10.6 Å². The van der Waals surface area contributed by atoms with E-state index < -0.39 is 0 Å². The van der Waals surface area contributed by atoms with Gasteiger partial charge < -0.3 is 15.7 Å². The van der Waals surface area contributed by atoms with Crippen molar-refractivity contribution in [3.05, 3.63) is 113 Å². The number of benzene rings is 2. The number of nitrogens with one attached hydrogen (secondary N) is 2. The summed E-state index contributed by atoms with van der Waals surface area (Å²) in [6.07, 6.45) is 0.525. The average molecular weight is 482 g/mol. The summed E-state index contributed by atoms with van der Waals surface area (Å²) in [6.45, 7) is 0.408. The molecule has 36 heavy (non-hydrogen) atoms. The van der Waals surface area contributed by atoms with Crippen molar-refractivity contribution in [3.63, 3.8) is 0 Å². The third-order valence-electron chi connectivity index (χ3n) is 5.51. The number of nitrogens with zero attached hydrogens (tertiary/aromatic N) is 3. The number of pyridine rings is 2. The predicted octanol–water partition coefficient (Wildman–Crippen LogP) is 4.23. The molecule has 0 aliphatic heterocycles. The van der Waals surface area contributed by atoms with Crippen LogP contribution in [0, 0.1) is 17.1 Å². The molecule has 0 saturated heterocycles. The molecule has 4 aromatic rings. The van der Waals surface area contributed by atoms with Crippen LogP contribution in [0.5, 0.6) is 0 Å². The van der Waals surface area contributed by atoms with Crippen LogP contribution in [0.4, 0.5) is 10.2 Å². The van der Waals surface area contributed by atoms with Gasteiger partial charge in [-0.25, -0.2) is 9.37 Å². The van der Waals surface area contributed by atoms with E-state index >= 15 is 0 Å². The molecule has 0 aliphatic rings. The summed E-state index contributed by atoms with van der Waals surface area (Å²) in [4.78, 5) is 22.0. The Labute approximate surface area is 208 Å². The lowest BCUT2D eigenvalue weighted by molar-refractivity contribution is 0.0951. The molecule has 0 bridgehead atoms. The first-order chi connectivity index (χ1) is 17.6. The van der Waals surface area contributed by atoms with Gasteiger partial charge >= 0.3 is 0 Å². The number of rotatable bonds is 9. The summed E-state index contributed by atoms with van der Waals surface area (Å²) in [5.41, 5.74) is 3.95. The minimum Gasteiger partial charge on any atom is -0.390 e. The molecular formula is C28H24FN5O2. The largest absolute Gasteiger partial charge is 0.390 e. The van der Waals surface area contributed by atoms with Crippen LogP contribution in [0.2, 0.25) is 0 Å². The van der Waals surface area contributed by atoms with Crippen LogP contribution in [-0.4, -0.2) is 27.5 Å². The summed E-state index contributed by atoms with van der Waals surface area (Å²) in [5, 5.41) is 24.8. The van der Waals surface area contributed by atoms with Crippen LogP contribution in [0.3, 0.4) is 0 Å². The van der Waals surface area contributed by atoms with Crippen LogP contribution in [0.1, 0.15) is 32.9 Å². The number of carbonyl (C=O) groups is 1. The van der Waals surface area contributed by atoms with Crippen molar-refractivity contribution >= 4 is 11.7 Å². The maximum Gasteiger partial charge on any atom is 0.255 e. The lowest BCUT2D eigenvalue weighted by Crippen LogP contribution is -2.25. The zero-order chi connectivity index (χ0) is 25.3. The predicted molar refractivity (Wildman–Crippen MR) is 134 cm³/mol. The molecular weight excluding hydrogens is 457 g/mol. The zero-order valence-corrected chi connectivity index (χ0v) is 19.4. The summed E-state index contributed by atoms with van der Waals surface area (Å²) in [5.74, 6) is -0.307. The van der Waals surface area contributed by atoms with Crippen LogP contribution in [0.15, 0.2) is 78.9 Å². The number of amides is 1. The Hall–Kier alpha value is -4.61. The highest BCUT2D eigenvalue weighted by atomic mass is 19.1. The van der Waals surface area contributed by atoms with Crippen molar-refractivity contribution in [1.82, 2.24) is 15.3 Å². The van der Waals surface area contributed by atoms with E-state index in [1.54, 1.807) is 54.6 Å². The van der Waals surface area contributed by atoms with Gasteiger partial charge in [-0.15, -0.1) is 0 Å². The molecule has 0 saturated carbocycles. The van der Waals surface area contributed by atoms with E-state index in [0.29, 0.717) is 52.6 Å². The lowest BCUT2D eigenvalue weighted by Gasteiger charge is -2.14. The van der Waals surface area contributed by atoms with E-state index in [1.165, 1.54) is 12.1 Å². The number of aliphatic hydroxyl groups excluding tert-OH is 1. The van der Waals surface area contributed by atoms with Gasteiger partial charge in [0.05, 0.1) is 47.4 Å². The Morgan fingerprint density at radius 1 is 0.972 bits per heavy atom. The number of anilines is 1. The quantitative estimate of drug-likeness (QED) is 0.330. The molecule has 0 fully saturated rings. The molecule has 2 aromatic carbocycles. The number of hydrogen-bond donors (Lipinski definition) is 3. The van der Waals surface area contributed by atoms with Crippen molar-refractivity contribution in [2.75, 3.05) is 11.9 Å². The van der Waals surface area contributed by atoms with Crippen LogP contribution in [0.25, 0.3) is 11.3 Å². The fourth-order valence-electron chi connectivity index (χ4n) is 3.73. The van der Waals surface area contributed by atoms with Gasteiger partial charge in [-0.2, -0.15) is 5.26 Å². The van der Waals surface area contributed by atoms with Gasteiger partial charge in [0.1, 0.15) is 11.6 Å². The fraction of sp³-hybridized carbons (Fsp3) is 0.143. The first-order valence-electron chi connectivity index (χ1n) is 11.4. The number of carbonyl (C=O) groups excluding carboxylic acids is 1. The summed E-state index contributed by atoms with van der Waals surface area (Å²) >= 11 is 0. The van der Waals surface area contributed by atoms with Crippen molar-refractivity contribution in [1.29, 1.82) is 5.26 Å². The highest BCUT2D eigenvalue weighted by molar-refractivity contribution is 5.99. The number of nitriles is 1. The summed E-state index contributed by atoms with van der Waals surface area (Å²) in [7, 11) is 0. The Bertz CT molecular complexity index is 1420. The summed E-state index contributed by atoms with van der Waals surface area (Å²) < 4.78 is 13.5. The Balaban J connectivity index is 1.57. The Morgan fingerprint density at radius 3 is 2.58 bits per heavy atom. The minimum atomic E-state index is -0.355. The van der Waals surface area contributed by atoms with Gasteiger partial charge in [0, 0.05) is 12.1 Å². The molecule has 7 nitrogen and oxygen atoms in total. The standard InChI is InChI=1S/C28H24FN5O2/c29-21-7-3-5-19(15-21)13-14-31-27-25(28(36)32-17-22-8-4-9-23(18-35)33-22)11-12-26(34-27)24-10-2-1-6-20(24)16-30/h1-12,15,35H,13-14,17-18H2,(H,31,34)(H,32,36). The lowest BCUT2D eigenvalue weighted by atomic mass is 10.0. The first kappa shape index (κ1) is 24.5. The molecule has 0 spiro atoms.